The van der Waals surface area contributed by atoms with E-state index in [2.05, 4.69) is 16.9 Å². The van der Waals surface area contributed by atoms with Gasteiger partial charge >= 0.3 is 0 Å². The molecular weight excluding hydrogens is 238 g/mol. The molecule has 0 aromatic carbocycles. The Labute approximate surface area is 108 Å². The molecule has 1 rings (SSSR count). The van der Waals surface area contributed by atoms with Crippen molar-refractivity contribution in [2.45, 2.75) is 39.7 Å². The van der Waals surface area contributed by atoms with Crippen molar-refractivity contribution in [3.8, 4) is 0 Å². The molecule has 17 heavy (non-hydrogen) atoms. The molecule has 1 aromatic rings. The highest BCUT2D eigenvalue weighted by Crippen LogP contribution is 2.24. The summed E-state index contributed by atoms with van der Waals surface area (Å²) < 4.78 is 0. The molecule has 1 heterocycles. The number of aliphatic hydroxyl groups is 1. The Hall–Kier alpha value is -0.870. The predicted octanol–water partition coefficient (Wildman–Crippen LogP) is 2.21. The van der Waals surface area contributed by atoms with Crippen molar-refractivity contribution in [3.05, 3.63) is 16.5 Å². The largest absolute Gasteiger partial charge is 0.394 e. The topological polar surface area (TPSA) is 49.2 Å². The smallest absolute Gasteiger partial charge is 0.137 e. The first kappa shape index (κ1) is 14.2. The molecule has 0 bridgehead atoms. The van der Waals surface area contributed by atoms with Crippen LogP contribution in [0.3, 0.4) is 0 Å². The fourth-order valence-corrected chi connectivity index (χ4v) is 1.71. The zero-order valence-electron chi connectivity index (χ0n) is 10.9. The van der Waals surface area contributed by atoms with Crippen molar-refractivity contribution in [3.63, 3.8) is 0 Å². The van der Waals surface area contributed by atoms with E-state index < -0.39 is 0 Å². The zero-order chi connectivity index (χ0) is 13.0. The van der Waals surface area contributed by atoms with Gasteiger partial charge in [-0.05, 0) is 20.3 Å². The van der Waals surface area contributed by atoms with Crippen LogP contribution < -0.4 is 4.90 Å². The number of aliphatic hydroxyl groups excluding tert-OH is 1. The molecule has 1 atom stereocenters. The number of halogens is 1. The quantitative estimate of drug-likeness (QED) is 0.822. The maximum absolute atomic E-state index is 9.18. The number of hydrogen-bond acceptors (Lipinski definition) is 4. The van der Waals surface area contributed by atoms with Crippen LogP contribution in [-0.2, 0) is 6.42 Å². The number of nitrogens with zero attached hydrogens (tertiary/aromatic N) is 3. The molecule has 1 N–H and O–H groups in total. The van der Waals surface area contributed by atoms with Gasteiger partial charge in [-0.25, -0.2) is 9.97 Å². The molecule has 0 fully saturated rings. The van der Waals surface area contributed by atoms with Gasteiger partial charge in [0.1, 0.15) is 16.8 Å². The van der Waals surface area contributed by atoms with Crippen molar-refractivity contribution in [2.75, 3.05) is 18.6 Å². The molecular formula is C12H20ClN3O. The van der Waals surface area contributed by atoms with E-state index in [-0.39, 0.29) is 12.6 Å². The van der Waals surface area contributed by atoms with Gasteiger partial charge in [-0.15, -0.1) is 0 Å². The van der Waals surface area contributed by atoms with Crippen LogP contribution in [0.4, 0.5) is 5.82 Å². The molecule has 0 aliphatic heterocycles. The second-order valence-corrected chi connectivity index (χ2v) is 4.63. The summed E-state index contributed by atoms with van der Waals surface area (Å²) in [4.78, 5) is 10.7. The van der Waals surface area contributed by atoms with E-state index >= 15 is 0 Å². The van der Waals surface area contributed by atoms with E-state index in [1.807, 2.05) is 25.8 Å². The van der Waals surface area contributed by atoms with Gasteiger partial charge < -0.3 is 10.0 Å². The van der Waals surface area contributed by atoms with Crippen molar-refractivity contribution >= 4 is 17.4 Å². The third kappa shape index (κ3) is 3.30. The average Bonchev–Trinajstić information content (AvgIpc) is 2.32. The number of likely N-dealkylation sites (N-methyl/N-ethyl adjacent to an activating group) is 1. The highest BCUT2D eigenvalue weighted by atomic mass is 35.5. The van der Waals surface area contributed by atoms with E-state index in [4.69, 9.17) is 11.6 Å². The van der Waals surface area contributed by atoms with Crippen LogP contribution in [-0.4, -0.2) is 34.8 Å². The Bertz CT molecular complexity index is 384. The van der Waals surface area contributed by atoms with Gasteiger partial charge in [-0.3, -0.25) is 0 Å². The van der Waals surface area contributed by atoms with Crippen LogP contribution in [0.25, 0.3) is 0 Å². The SMILES string of the molecule is CCCc1nc(Cl)c(C)c(N(C)C(C)CO)n1. The van der Waals surface area contributed by atoms with Crippen LogP contribution in [0.5, 0.6) is 0 Å². The Balaban J connectivity index is 3.12. The molecule has 0 radical (unpaired) electrons. The standard InChI is InChI=1S/C12H20ClN3O/c1-5-6-10-14-11(13)9(3)12(15-10)16(4)8(2)7-17/h8,17H,5-7H2,1-4H3. The number of rotatable bonds is 5. The molecule has 0 amide bonds. The second-order valence-electron chi connectivity index (χ2n) is 4.27. The van der Waals surface area contributed by atoms with E-state index in [1.165, 1.54) is 0 Å². The normalized spacial score (nSPS) is 12.6. The number of aromatic nitrogens is 2. The van der Waals surface area contributed by atoms with Crippen LogP contribution in [0.15, 0.2) is 0 Å². The molecule has 4 nitrogen and oxygen atoms in total. The van der Waals surface area contributed by atoms with Crippen molar-refractivity contribution in [2.24, 2.45) is 0 Å². The predicted molar refractivity (Wildman–Crippen MR) is 70.7 cm³/mol. The third-order valence-corrected chi connectivity index (χ3v) is 3.21. The Morgan fingerprint density at radius 3 is 2.59 bits per heavy atom. The fraction of sp³-hybridized carbons (Fsp3) is 0.667. The molecule has 1 aromatic heterocycles. The van der Waals surface area contributed by atoms with Gasteiger partial charge in [0.05, 0.1) is 12.6 Å². The molecule has 96 valence electrons. The van der Waals surface area contributed by atoms with Crippen LogP contribution in [0, 0.1) is 6.92 Å². The molecule has 5 heteroatoms. The zero-order valence-corrected chi connectivity index (χ0v) is 11.6. The first-order valence-corrected chi connectivity index (χ1v) is 6.25. The van der Waals surface area contributed by atoms with E-state index in [0.29, 0.717) is 5.15 Å². The first-order valence-electron chi connectivity index (χ1n) is 5.87. The van der Waals surface area contributed by atoms with Gasteiger partial charge in [-0.1, -0.05) is 18.5 Å². The lowest BCUT2D eigenvalue weighted by atomic mass is 10.2. The van der Waals surface area contributed by atoms with Crippen molar-refractivity contribution in [1.82, 2.24) is 9.97 Å². The van der Waals surface area contributed by atoms with Crippen LogP contribution in [0.2, 0.25) is 5.15 Å². The summed E-state index contributed by atoms with van der Waals surface area (Å²) in [6, 6.07) is 0.00847. The van der Waals surface area contributed by atoms with Gasteiger partial charge in [0.25, 0.3) is 0 Å². The molecule has 1 unspecified atom stereocenters. The Kier molecular flexibility index (Phi) is 5.15. The van der Waals surface area contributed by atoms with Crippen LogP contribution in [0.1, 0.15) is 31.7 Å². The highest BCUT2D eigenvalue weighted by Gasteiger charge is 2.16. The lowest BCUT2D eigenvalue weighted by molar-refractivity contribution is 0.269. The summed E-state index contributed by atoms with van der Waals surface area (Å²) in [5.41, 5.74) is 0.856. The van der Waals surface area contributed by atoms with Crippen LogP contribution >= 0.6 is 11.6 Å². The van der Waals surface area contributed by atoms with E-state index in [1.54, 1.807) is 0 Å². The van der Waals surface area contributed by atoms with Gasteiger partial charge in [0, 0.05) is 19.0 Å². The monoisotopic (exact) mass is 257 g/mol. The second kappa shape index (κ2) is 6.17. The van der Waals surface area contributed by atoms with Crippen molar-refractivity contribution < 1.29 is 5.11 Å². The fourth-order valence-electron chi connectivity index (χ4n) is 1.53. The minimum Gasteiger partial charge on any atom is -0.394 e. The minimum atomic E-state index is 0.00847. The Morgan fingerprint density at radius 2 is 2.06 bits per heavy atom. The highest BCUT2D eigenvalue weighted by molar-refractivity contribution is 6.30. The summed E-state index contributed by atoms with van der Waals surface area (Å²) >= 11 is 6.11. The maximum atomic E-state index is 9.18. The molecule has 0 saturated carbocycles. The maximum Gasteiger partial charge on any atom is 0.137 e. The number of hydrogen-bond donors (Lipinski definition) is 1. The minimum absolute atomic E-state index is 0.00847. The van der Waals surface area contributed by atoms with Crippen molar-refractivity contribution in [1.29, 1.82) is 0 Å². The molecule has 0 aliphatic carbocycles. The third-order valence-electron chi connectivity index (χ3n) is 2.84. The van der Waals surface area contributed by atoms with Gasteiger partial charge in [-0.2, -0.15) is 0 Å². The summed E-state index contributed by atoms with van der Waals surface area (Å²) in [6.45, 7) is 6.00. The average molecular weight is 258 g/mol. The van der Waals surface area contributed by atoms with Gasteiger partial charge in [0.15, 0.2) is 0 Å². The first-order chi connectivity index (χ1) is 8.01. The summed E-state index contributed by atoms with van der Waals surface area (Å²) in [7, 11) is 1.91. The summed E-state index contributed by atoms with van der Waals surface area (Å²) in [5.74, 6) is 1.56. The lowest BCUT2D eigenvalue weighted by Crippen LogP contribution is -2.33. The van der Waals surface area contributed by atoms with E-state index in [0.717, 1.165) is 30.0 Å². The van der Waals surface area contributed by atoms with Gasteiger partial charge in [0.2, 0.25) is 0 Å². The lowest BCUT2D eigenvalue weighted by Gasteiger charge is -2.26. The number of anilines is 1. The molecule has 0 spiro atoms. The molecule has 0 aliphatic rings. The molecule has 0 saturated heterocycles. The van der Waals surface area contributed by atoms with E-state index in [9.17, 15) is 5.11 Å². The summed E-state index contributed by atoms with van der Waals surface area (Å²) in [5, 5.41) is 9.68. The number of aryl methyl sites for hydroxylation is 1. The Morgan fingerprint density at radius 1 is 1.41 bits per heavy atom. The summed E-state index contributed by atoms with van der Waals surface area (Å²) in [6.07, 6.45) is 1.80.